The summed E-state index contributed by atoms with van der Waals surface area (Å²) in [5.41, 5.74) is 14.2. The molecule has 2 aromatic heterocycles. The van der Waals surface area contributed by atoms with Gasteiger partial charge in [-0.25, -0.2) is 0 Å². The molecule has 0 saturated heterocycles. The second kappa shape index (κ2) is 7.75. The van der Waals surface area contributed by atoms with Crippen LogP contribution in [0.2, 0.25) is 0 Å². The molecular formula is C22H20N6. The van der Waals surface area contributed by atoms with Gasteiger partial charge in [-0.05, 0) is 31.2 Å². The molecule has 6 nitrogen and oxygen atoms in total. The number of hydrogen-bond acceptors (Lipinski definition) is 6. The van der Waals surface area contributed by atoms with Crippen LogP contribution in [0.3, 0.4) is 0 Å². The second-order valence-electron chi connectivity index (χ2n) is 6.30. The predicted molar refractivity (Wildman–Crippen MR) is 116 cm³/mol. The van der Waals surface area contributed by atoms with Crippen molar-refractivity contribution in [2.45, 2.75) is 6.92 Å². The Morgan fingerprint density at radius 2 is 1.39 bits per heavy atom. The molecule has 138 valence electrons. The van der Waals surface area contributed by atoms with E-state index in [0.29, 0.717) is 11.4 Å². The van der Waals surface area contributed by atoms with E-state index in [1.165, 1.54) is 0 Å². The molecule has 0 spiro atoms. The van der Waals surface area contributed by atoms with Crippen molar-refractivity contribution in [2.24, 2.45) is 5.10 Å². The van der Waals surface area contributed by atoms with Crippen LogP contribution >= 0.6 is 0 Å². The maximum atomic E-state index is 4.43. The quantitative estimate of drug-likeness (QED) is 0.340. The minimum absolute atomic E-state index is 0.647. The highest BCUT2D eigenvalue weighted by molar-refractivity contribution is 5.99. The first-order chi connectivity index (χ1) is 13.7. The van der Waals surface area contributed by atoms with E-state index in [4.69, 9.17) is 0 Å². The lowest BCUT2D eigenvalue weighted by Crippen LogP contribution is -2.25. The van der Waals surface area contributed by atoms with E-state index in [-0.39, 0.29) is 0 Å². The average molecular weight is 368 g/mol. The zero-order valence-electron chi connectivity index (χ0n) is 15.5. The van der Waals surface area contributed by atoms with Crippen LogP contribution in [0.1, 0.15) is 6.92 Å². The van der Waals surface area contributed by atoms with E-state index < -0.39 is 0 Å². The number of allylic oxidation sites excluding steroid dienone is 1. The third kappa shape index (κ3) is 3.61. The zero-order chi connectivity index (χ0) is 19.3. The van der Waals surface area contributed by atoms with Crippen molar-refractivity contribution in [3.8, 4) is 0 Å². The Bertz CT molecular complexity index is 1170. The van der Waals surface area contributed by atoms with E-state index in [1.807, 2.05) is 67.6 Å². The summed E-state index contributed by atoms with van der Waals surface area (Å²) in [6, 6.07) is 19.8. The fourth-order valence-electron chi connectivity index (χ4n) is 2.84. The number of anilines is 2. The largest absolute Gasteiger partial charge is 0.300 e. The third-order valence-electron chi connectivity index (χ3n) is 4.39. The van der Waals surface area contributed by atoms with Gasteiger partial charge in [0.2, 0.25) is 0 Å². The van der Waals surface area contributed by atoms with Crippen molar-refractivity contribution < 1.29 is 0 Å². The molecular weight excluding hydrogens is 348 g/mol. The summed E-state index contributed by atoms with van der Waals surface area (Å²) in [6.07, 6.45) is 3.55. The van der Waals surface area contributed by atoms with Gasteiger partial charge in [-0.3, -0.25) is 26.2 Å². The van der Waals surface area contributed by atoms with Crippen molar-refractivity contribution in [1.29, 1.82) is 0 Å². The van der Waals surface area contributed by atoms with Gasteiger partial charge >= 0.3 is 0 Å². The highest BCUT2D eigenvalue weighted by atomic mass is 15.4. The number of hydrazone groups is 1. The number of benzene rings is 2. The Hall–Kier alpha value is -3.93. The molecule has 4 aromatic rings. The van der Waals surface area contributed by atoms with Crippen LogP contribution in [-0.2, 0) is 0 Å². The van der Waals surface area contributed by atoms with Crippen molar-refractivity contribution >= 4 is 38.9 Å². The molecule has 0 amide bonds. The highest BCUT2D eigenvalue weighted by Crippen LogP contribution is 2.21. The van der Waals surface area contributed by atoms with E-state index in [9.17, 15) is 0 Å². The Labute approximate surface area is 163 Å². The van der Waals surface area contributed by atoms with E-state index in [1.54, 1.807) is 12.4 Å². The van der Waals surface area contributed by atoms with Crippen LogP contribution in [0, 0.1) is 0 Å². The van der Waals surface area contributed by atoms with E-state index in [2.05, 4.69) is 37.9 Å². The average Bonchev–Trinajstić information content (AvgIpc) is 2.75. The van der Waals surface area contributed by atoms with Gasteiger partial charge in [0, 0.05) is 23.2 Å². The zero-order valence-corrected chi connectivity index (χ0v) is 15.5. The van der Waals surface area contributed by atoms with Crippen LogP contribution in [0.4, 0.5) is 11.4 Å². The number of para-hydroxylation sites is 2. The highest BCUT2D eigenvalue weighted by Gasteiger charge is 2.04. The topological polar surface area (TPSA) is 74.2 Å². The normalized spacial score (nSPS) is 11.4. The summed E-state index contributed by atoms with van der Waals surface area (Å²) >= 11 is 0. The summed E-state index contributed by atoms with van der Waals surface area (Å²) in [6.45, 7) is 5.92. The van der Waals surface area contributed by atoms with Crippen LogP contribution in [-0.4, -0.2) is 15.7 Å². The molecule has 0 bridgehead atoms. The molecule has 0 fully saturated rings. The fraction of sp³-hybridized carbons (Fsp3) is 0.0455. The lowest BCUT2D eigenvalue weighted by atomic mass is 10.2. The summed E-state index contributed by atoms with van der Waals surface area (Å²) in [5, 5.41) is 6.55. The third-order valence-corrected chi connectivity index (χ3v) is 4.39. The number of fused-ring (bicyclic) bond motifs is 2. The number of rotatable bonds is 6. The molecule has 0 atom stereocenters. The molecule has 3 N–H and O–H groups in total. The Morgan fingerprint density at radius 3 is 2.07 bits per heavy atom. The molecule has 2 aromatic carbocycles. The summed E-state index contributed by atoms with van der Waals surface area (Å²) < 4.78 is 0. The Kier molecular flexibility index (Phi) is 4.84. The van der Waals surface area contributed by atoms with Crippen LogP contribution in [0.25, 0.3) is 21.8 Å². The summed E-state index contributed by atoms with van der Waals surface area (Å²) in [5.74, 6) is 0. The van der Waals surface area contributed by atoms with Gasteiger partial charge in [0.15, 0.2) is 0 Å². The molecule has 0 aliphatic rings. The van der Waals surface area contributed by atoms with Crippen LogP contribution in [0.5, 0.6) is 0 Å². The number of nitrogens with one attached hydrogen (secondary N) is 3. The van der Waals surface area contributed by atoms with Crippen molar-refractivity contribution in [2.75, 3.05) is 10.9 Å². The van der Waals surface area contributed by atoms with Crippen LogP contribution in [0.15, 0.2) is 90.4 Å². The standard InChI is InChI=1S/C22H20N6/c1-15(25-27-19-11-3-7-17-9-5-13-23-21(17)19)16(2)26-28-20-12-4-8-18-10-6-14-24-22(18)20/h3-14,25,27-28H,1H2,2H3/b26-16+. The first kappa shape index (κ1) is 17.5. The number of pyridine rings is 2. The summed E-state index contributed by atoms with van der Waals surface area (Å²) in [7, 11) is 0. The minimum atomic E-state index is 0.647. The minimum Gasteiger partial charge on any atom is -0.300 e. The molecule has 4 rings (SSSR count). The second-order valence-corrected chi connectivity index (χ2v) is 6.30. The molecule has 0 saturated carbocycles. The molecule has 0 aliphatic carbocycles. The maximum absolute atomic E-state index is 4.43. The fourth-order valence-corrected chi connectivity index (χ4v) is 2.84. The lowest BCUT2D eigenvalue weighted by molar-refractivity contribution is 1.02. The maximum Gasteiger partial charge on any atom is 0.0951 e. The number of hydrazine groups is 1. The smallest absolute Gasteiger partial charge is 0.0951 e. The molecule has 6 heteroatoms. The summed E-state index contributed by atoms with van der Waals surface area (Å²) in [4.78, 5) is 8.85. The monoisotopic (exact) mass is 368 g/mol. The molecule has 0 aliphatic heterocycles. The first-order valence-corrected chi connectivity index (χ1v) is 8.91. The first-order valence-electron chi connectivity index (χ1n) is 8.91. The van der Waals surface area contributed by atoms with Crippen molar-refractivity contribution in [3.63, 3.8) is 0 Å². The molecule has 0 unspecified atom stereocenters. The van der Waals surface area contributed by atoms with Gasteiger partial charge < -0.3 is 0 Å². The van der Waals surface area contributed by atoms with Gasteiger partial charge in [-0.2, -0.15) is 5.10 Å². The van der Waals surface area contributed by atoms with Gasteiger partial charge in [0.25, 0.3) is 0 Å². The van der Waals surface area contributed by atoms with Crippen LogP contribution < -0.4 is 16.3 Å². The predicted octanol–water partition coefficient (Wildman–Crippen LogP) is 4.70. The molecule has 28 heavy (non-hydrogen) atoms. The number of nitrogens with zero attached hydrogens (tertiary/aromatic N) is 3. The lowest BCUT2D eigenvalue weighted by Gasteiger charge is -2.13. The Balaban J connectivity index is 1.45. The number of hydrogen-bond donors (Lipinski definition) is 3. The van der Waals surface area contributed by atoms with Gasteiger partial charge in [0.1, 0.15) is 0 Å². The van der Waals surface area contributed by atoms with Crippen molar-refractivity contribution in [3.05, 3.63) is 85.3 Å². The van der Waals surface area contributed by atoms with E-state index in [0.717, 1.165) is 33.2 Å². The number of aromatic nitrogens is 2. The van der Waals surface area contributed by atoms with Crippen molar-refractivity contribution in [1.82, 2.24) is 15.4 Å². The van der Waals surface area contributed by atoms with Gasteiger partial charge in [-0.1, -0.05) is 43.0 Å². The molecule has 0 radical (unpaired) electrons. The van der Waals surface area contributed by atoms with E-state index >= 15 is 0 Å². The molecule has 2 heterocycles. The van der Waals surface area contributed by atoms with Gasteiger partial charge in [0.05, 0.1) is 33.8 Å². The van der Waals surface area contributed by atoms with Gasteiger partial charge in [-0.15, -0.1) is 0 Å². The SMILES string of the molecule is C=C(NNc1cccc2cccnc12)/C(C)=N/Nc1cccc2cccnc12. The Morgan fingerprint density at radius 1 is 0.821 bits per heavy atom.